The number of phenolic OH excluding ortho intramolecular Hbond substituents is 1. The number of phenols is 1. The van der Waals surface area contributed by atoms with E-state index in [-0.39, 0.29) is 11.7 Å². The van der Waals surface area contributed by atoms with Crippen molar-refractivity contribution in [1.82, 2.24) is 24.4 Å². The second-order valence-corrected chi connectivity index (χ2v) is 9.21. The summed E-state index contributed by atoms with van der Waals surface area (Å²) in [4.78, 5) is 2.33. The van der Waals surface area contributed by atoms with Crippen LogP contribution in [0.25, 0.3) is 0 Å². The lowest BCUT2D eigenvalue weighted by atomic mass is 10.1. The summed E-state index contributed by atoms with van der Waals surface area (Å²) in [6, 6.07) is 6.85. The molecule has 2 heterocycles. The molecule has 0 bridgehead atoms. The molecule has 27 heavy (non-hydrogen) atoms. The normalized spacial score (nSPS) is 16.9. The Kier molecular flexibility index (Phi) is 5.83. The minimum atomic E-state index is -3.35. The number of benzene rings is 1. The Morgan fingerprint density at radius 2 is 1.85 bits per heavy atom. The first-order valence-corrected chi connectivity index (χ1v) is 11.0. The number of rotatable bonds is 6. The summed E-state index contributed by atoms with van der Waals surface area (Å²) in [5.41, 5.74) is 1.14. The number of sulfonamides is 1. The van der Waals surface area contributed by atoms with Crippen LogP contribution < -0.4 is 4.72 Å². The third-order valence-corrected chi connectivity index (χ3v) is 5.46. The molecule has 2 aromatic rings. The fourth-order valence-electron chi connectivity index (χ4n) is 3.35. The molecule has 9 heteroatoms. The molecule has 0 aliphatic carbocycles. The molecule has 0 saturated heterocycles. The van der Waals surface area contributed by atoms with Crippen molar-refractivity contribution in [3.63, 3.8) is 0 Å². The summed E-state index contributed by atoms with van der Waals surface area (Å²) in [6.07, 6.45) is 1.93. The van der Waals surface area contributed by atoms with Gasteiger partial charge in [0, 0.05) is 32.6 Å². The lowest BCUT2D eigenvalue weighted by Crippen LogP contribution is -2.33. The van der Waals surface area contributed by atoms with Crippen molar-refractivity contribution >= 4 is 10.0 Å². The molecule has 1 aromatic heterocycles. The zero-order valence-electron chi connectivity index (χ0n) is 16.0. The van der Waals surface area contributed by atoms with Gasteiger partial charge in [0.25, 0.3) is 0 Å². The van der Waals surface area contributed by atoms with Gasteiger partial charge in [-0.05, 0) is 23.6 Å². The number of aromatic hydroxyl groups is 1. The molecule has 1 aliphatic heterocycles. The molecule has 1 atom stereocenters. The van der Waals surface area contributed by atoms with Gasteiger partial charge in [0.1, 0.15) is 11.6 Å². The van der Waals surface area contributed by atoms with E-state index < -0.39 is 16.1 Å². The van der Waals surface area contributed by atoms with Gasteiger partial charge in [-0.15, -0.1) is 10.2 Å². The Labute approximate surface area is 160 Å². The fourth-order valence-corrected chi connectivity index (χ4v) is 4.19. The van der Waals surface area contributed by atoms with E-state index in [1.807, 2.05) is 26.0 Å². The zero-order chi connectivity index (χ0) is 19.6. The largest absolute Gasteiger partial charge is 0.508 e. The molecule has 8 nitrogen and oxygen atoms in total. The van der Waals surface area contributed by atoms with Crippen LogP contribution in [0, 0.1) is 5.92 Å². The first-order valence-electron chi connectivity index (χ1n) is 9.12. The van der Waals surface area contributed by atoms with Crippen LogP contribution in [0.2, 0.25) is 0 Å². The zero-order valence-corrected chi connectivity index (χ0v) is 16.8. The molecule has 0 radical (unpaired) electrons. The van der Waals surface area contributed by atoms with Gasteiger partial charge in [0.2, 0.25) is 10.0 Å². The average Bonchev–Trinajstić information content (AvgIpc) is 2.88. The van der Waals surface area contributed by atoms with Crippen molar-refractivity contribution in [3.05, 3.63) is 41.5 Å². The second-order valence-electron chi connectivity index (χ2n) is 7.43. The van der Waals surface area contributed by atoms with Crippen molar-refractivity contribution in [1.29, 1.82) is 0 Å². The SMILES string of the molecule is CC(C)[C@@H](NS(C)(=O)=O)c1nnc2n1CCN(Cc1ccc(O)cc1)CC2. The Hall–Kier alpha value is -1.97. The van der Waals surface area contributed by atoms with Gasteiger partial charge >= 0.3 is 0 Å². The van der Waals surface area contributed by atoms with E-state index >= 15 is 0 Å². The van der Waals surface area contributed by atoms with Gasteiger partial charge < -0.3 is 9.67 Å². The predicted octanol–water partition coefficient (Wildman–Crippen LogP) is 1.29. The standard InChI is InChI=1S/C18H27N5O3S/c1-13(2)17(21-27(3,25)26)18-20-19-16-8-9-22(10-11-23(16)18)12-14-4-6-15(24)7-5-14/h4-7,13,17,21,24H,8-12H2,1-3H3/t17-/m1/s1. The highest BCUT2D eigenvalue weighted by atomic mass is 32.2. The van der Waals surface area contributed by atoms with Crippen molar-refractivity contribution < 1.29 is 13.5 Å². The number of fused-ring (bicyclic) bond motifs is 1. The van der Waals surface area contributed by atoms with Gasteiger partial charge in [-0.25, -0.2) is 13.1 Å². The van der Waals surface area contributed by atoms with Crippen LogP contribution in [-0.2, 0) is 29.5 Å². The number of nitrogens with zero attached hydrogens (tertiary/aromatic N) is 4. The Morgan fingerprint density at radius 3 is 2.48 bits per heavy atom. The van der Waals surface area contributed by atoms with E-state index in [2.05, 4.69) is 24.4 Å². The summed E-state index contributed by atoms with van der Waals surface area (Å²) >= 11 is 0. The maximum atomic E-state index is 11.8. The summed E-state index contributed by atoms with van der Waals surface area (Å²) < 4.78 is 28.3. The number of hydrogen-bond donors (Lipinski definition) is 2. The van der Waals surface area contributed by atoms with Gasteiger partial charge in [0.15, 0.2) is 5.82 Å². The first-order chi connectivity index (χ1) is 12.7. The van der Waals surface area contributed by atoms with E-state index in [0.717, 1.165) is 37.4 Å². The monoisotopic (exact) mass is 393 g/mol. The van der Waals surface area contributed by atoms with E-state index in [1.165, 1.54) is 6.26 Å². The molecule has 3 rings (SSSR count). The maximum Gasteiger partial charge on any atom is 0.209 e. The molecular weight excluding hydrogens is 366 g/mol. The molecule has 0 unspecified atom stereocenters. The highest BCUT2D eigenvalue weighted by Gasteiger charge is 2.28. The van der Waals surface area contributed by atoms with E-state index in [4.69, 9.17) is 0 Å². The molecule has 0 spiro atoms. The minimum absolute atomic E-state index is 0.0596. The van der Waals surface area contributed by atoms with Crippen molar-refractivity contribution in [2.75, 3.05) is 19.3 Å². The van der Waals surface area contributed by atoms with Crippen LogP contribution in [0.3, 0.4) is 0 Å². The molecule has 148 valence electrons. The summed E-state index contributed by atoms with van der Waals surface area (Å²) in [6.45, 7) is 7.12. The molecule has 2 N–H and O–H groups in total. The predicted molar refractivity (Wildman–Crippen MR) is 103 cm³/mol. The summed E-state index contributed by atoms with van der Waals surface area (Å²) in [5, 5.41) is 18.1. The van der Waals surface area contributed by atoms with Gasteiger partial charge in [-0.2, -0.15) is 0 Å². The van der Waals surface area contributed by atoms with Crippen molar-refractivity contribution in [3.8, 4) is 5.75 Å². The first kappa shape index (κ1) is 19.8. The summed E-state index contributed by atoms with van der Waals surface area (Å²) in [7, 11) is -3.35. The molecule has 1 aliphatic rings. The van der Waals surface area contributed by atoms with Crippen LogP contribution in [0.5, 0.6) is 5.75 Å². The van der Waals surface area contributed by atoms with E-state index in [0.29, 0.717) is 12.4 Å². The van der Waals surface area contributed by atoms with E-state index in [9.17, 15) is 13.5 Å². The number of hydrogen-bond acceptors (Lipinski definition) is 6. The Morgan fingerprint density at radius 1 is 1.15 bits per heavy atom. The number of nitrogens with one attached hydrogen (secondary N) is 1. The molecule has 1 aromatic carbocycles. The Bertz CT molecular complexity index is 877. The van der Waals surface area contributed by atoms with Crippen molar-refractivity contribution in [2.24, 2.45) is 5.92 Å². The summed E-state index contributed by atoms with van der Waals surface area (Å²) in [5.74, 6) is 1.89. The highest BCUT2D eigenvalue weighted by molar-refractivity contribution is 7.88. The van der Waals surface area contributed by atoms with Gasteiger partial charge in [-0.3, -0.25) is 4.90 Å². The maximum absolute atomic E-state index is 11.8. The smallest absolute Gasteiger partial charge is 0.209 e. The third kappa shape index (κ3) is 5.06. The van der Waals surface area contributed by atoms with Crippen LogP contribution in [-0.4, -0.2) is 52.5 Å². The van der Waals surface area contributed by atoms with Crippen LogP contribution in [0.4, 0.5) is 0 Å². The lowest BCUT2D eigenvalue weighted by Gasteiger charge is -2.22. The quantitative estimate of drug-likeness (QED) is 0.767. The van der Waals surface area contributed by atoms with Crippen LogP contribution in [0.15, 0.2) is 24.3 Å². The molecule has 0 fully saturated rings. The van der Waals surface area contributed by atoms with E-state index in [1.54, 1.807) is 12.1 Å². The topological polar surface area (TPSA) is 100 Å². The highest BCUT2D eigenvalue weighted by Crippen LogP contribution is 2.23. The lowest BCUT2D eigenvalue weighted by molar-refractivity contribution is 0.269. The average molecular weight is 394 g/mol. The van der Waals surface area contributed by atoms with Gasteiger partial charge in [-0.1, -0.05) is 26.0 Å². The number of aromatic nitrogens is 3. The van der Waals surface area contributed by atoms with Crippen molar-refractivity contribution in [2.45, 2.75) is 39.4 Å². The third-order valence-electron chi connectivity index (χ3n) is 4.78. The van der Waals surface area contributed by atoms with Crippen LogP contribution >= 0.6 is 0 Å². The Balaban J connectivity index is 1.75. The fraction of sp³-hybridized carbons (Fsp3) is 0.556. The van der Waals surface area contributed by atoms with Crippen LogP contribution in [0.1, 0.15) is 37.1 Å². The second kappa shape index (κ2) is 7.95. The van der Waals surface area contributed by atoms with Gasteiger partial charge in [0.05, 0.1) is 12.3 Å². The molecule has 0 amide bonds. The molecule has 0 saturated carbocycles. The minimum Gasteiger partial charge on any atom is -0.508 e. The molecular formula is C18H27N5O3S.